The monoisotopic (exact) mass is 388 g/mol. The van der Waals surface area contributed by atoms with E-state index in [2.05, 4.69) is 15.9 Å². The number of fused-ring (bicyclic) bond motifs is 1. The molecule has 6 nitrogen and oxygen atoms in total. The number of ether oxygens (including phenoxy) is 3. The number of benzene rings is 1. The van der Waals surface area contributed by atoms with Gasteiger partial charge in [0.05, 0.1) is 12.8 Å². The maximum atomic E-state index is 11.4. The van der Waals surface area contributed by atoms with Crippen LogP contribution in [-0.2, 0) is 9.53 Å². The highest BCUT2D eigenvalue weighted by Gasteiger charge is 2.26. The Labute approximate surface area is 167 Å². The molecule has 0 amide bonds. The Morgan fingerprint density at radius 2 is 1.82 bits per heavy atom. The van der Waals surface area contributed by atoms with Crippen LogP contribution in [0.15, 0.2) is 18.2 Å². The molecule has 2 heterocycles. The van der Waals surface area contributed by atoms with Gasteiger partial charge in [-0.2, -0.15) is 0 Å². The summed E-state index contributed by atoms with van der Waals surface area (Å²) in [6.07, 6.45) is 6.75. The van der Waals surface area contributed by atoms with E-state index >= 15 is 0 Å². The van der Waals surface area contributed by atoms with Crippen molar-refractivity contribution in [1.82, 2.24) is 4.90 Å². The van der Waals surface area contributed by atoms with Crippen molar-refractivity contribution in [3.8, 4) is 11.5 Å². The summed E-state index contributed by atoms with van der Waals surface area (Å²) in [6, 6.07) is 6.16. The van der Waals surface area contributed by atoms with E-state index in [9.17, 15) is 4.79 Å². The lowest BCUT2D eigenvalue weighted by Gasteiger charge is -2.37. The molecule has 28 heavy (non-hydrogen) atoms. The van der Waals surface area contributed by atoms with Crippen molar-refractivity contribution in [2.24, 2.45) is 11.8 Å². The minimum absolute atomic E-state index is 0.0534. The molecule has 0 N–H and O–H groups in total. The molecule has 3 aliphatic rings. The zero-order valence-electron chi connectivity index (χ0n) is 16.9. The molecule has 6 heteroatoms. The Kier molecular flexibility index (Phi) is 6.25. The molecular formula is C22H32N2O4. The molecule has 1 saturated heterocycles. The van der Waals surface area contributed by atoms with Crippen LogP contribution in [-0.4, -0.2) is 57.5 Å². The van der Waals surface area contributed by atoms with E-state index in [1.165, 1.54) is 51.4 Å². The first-order valence-corrected chi connectivity index (χ1v) is 10.7. The van der Waals surface area contributed by atoms with E-state index < -0.39 is 0 Å². The molecule has 0 spiro atoms. The number of methoxy groups -OCH3 is 1. The summed E-state index contributed by atoms with van der Waals surface area (Å²) >= 11 is 0. The fraction of sp³-hybridized carbons (Fsp3) is 0.682. The van der Waals surface area contributed by atoms with Crippen LogP contribution in [0.2, 0.25) is 0 Å². The van der Waals surface area contributed by atoms with Crippen LogP contribution in [0.3, 0.4) is 0 Å². The van der Waals surface area contributed by atoms with Crippen LogP contribution in [0.5, 0.6) is 11.5 Å². The lowest BCUT2D eigenvalue weighted by Crippen LogP contribution is -2.47. The normalized spacial score (nSPS) is 25.0. The van der Waals surface area contributed by atoms with Gasteiger partial charge in [0.2, 0.25) is 6.79 Å². The van der Waals surface area contributed by atoms with E-state index in [4.69, 9.17) is 14.2 Å². The van der Waals surface area contributed by atoms with E-state index in [0.29, 0.717) is 19.1 Å². The standard InChI is InChI=1S/C22H32N2O4/c1-26-21(25)15-18-7-5-17(6-8-18)9-10-23-11-13-24(14-12-23)19-3-2-4-20-22(19)28-16-27-20/h2-4,17-18H,5-16H2,1H3. The minimum Gasteiger partial charge on any atom is -0.469 e. The third-order valence-electron chi connectivity index (χ3n) is 6.59. The van der Waals surface area contributed by atoms with E-state index in [1.54, 1.807) is 0 Å². The summed E-state index contributed by atoms with van der Waals surface area (Å²) in [4.78, 5) is 16.5. The number of para-hydroxylation sites is 1. The number of carbonyl (C=O) groups excluding carboxylic acids is 1. The summed E-state index contributed by atoms with van der Waals surface area (Å²) < 4.78 is 16.0. The fourth-order valence-corrected chi connectivity index (χ4v) is 4.78. The SMILES string of the molecule is COC(=O)CC1CCC(CCN2CCN(c3cccc4c3OCO4)CC2)CC1. The van der Waals surface area contributed by atoms with Crippen molar-refractivity contribution in [2.75, 3.05) is 51.5 Å². The average molecular weight is 389 g/mol. The number of hydrogen-bond acceptors (Lipinski definition) is 6. The number of nitrogens with zero attached hydrogens (tertiary/aromatic N) is 2. The molecule has 0 bridgehead atoms. The highest BCUT2D eigenvalue weighted by atomic mass is 16.7. The smallest absolute Gasteiger partial charge is 0.305 e. The zero-order chi connectivity index (χ0) is 19.3. The Morgan fingerprint density at radius 3 is 2.57 bits per heavy atom. The van der Waals surface area contributed by atoms with Crippen LogP contribution in [0.25, 0.3) is 0 Å². The quantitative estimate of drug-likeness (QED) is 0.697. The second-order valence-electron chi connectivity index (χ2n) is 8.30. The highest BCUT2D eigenvalue weighted by Crippen LogP contribution is 2.41. The lowest BCUT2D eigenvalue weighted by atomic mass is 9.79. The van der Waals surface area contributed by atoms with E-state index in [1.807, 2.05) is 12.1 Å². The van der Waals surface area contributed by atoms with Gasteiger partial charge in [0.25, 0.3) is 0 Å². The van der Waals surface area contributed by atoms with Gasteiger partial charge >= 0.3 is 5.97 Å². The summed E-state index contributed by atoms with van der Waals surface area (Å²) in [5.74, 6) is 3.06. The van der Waals surface area contributed by atoms with E-state index in [0.717, 1.165) is 43.6 Å². The summed E-state index contributed by atoms with van der Waals surface area (Å²) in [6.45, 7) is 5.78. The molecule has 154 valence electrons. The van der Waals surface area contributed by atoms with Gasteiger partial charge in [0.1, 0.15) is 0 Å². The third kappa shape index (κ3) is 4.54. The molecule has 2 aliphatic heterocycles. The van der Waals surface area contributed by atoms with Crippen molar-refractivity contribution < 1.29 is 19.0 Å². The maximum absolute atomic E-state index is 11.4. The molecule has 0 unspecified atom stereocenters. The Morgan fingerprint density at radius 1 is 1.07 bits per heavy atom. The number of piperazine rings is 1. The molecular weight excluding hydrogens is 356 g/mol. The van der Waals surface area contributed by atoms with Gasteiger partial charge in [-0.25, -0.2) is 0 Å². The molecule has 1 saturated carbocycles. The summed E-state index contributed by atoms with van der Waals surface area (Å²) in [5.41, 5.74) is 1.17. The third-order valence-corrected chi connectivity index (χ3v) is 6.59. The van der Waals surface area contributed by atoms with Gasteiger partial charge < -0.3 is 19.1 Å². The second kappa shape index (κ2) is 9.03. The Balaban J connectivity index is 1.18. The van der Waals surface area contributed by atoms with Gasteiger partial charge in [-0.15, -0.1) is 0 Å². The van der Waals surface area contributed by atoms with Crippen molar-refractivity contribution >= 4 is 11.7 Å². The lowest BCUT2D eigenvalue weighted by molar-refractivity contribution is -0.142. The van der Waals surface area contributed by atoms with Crippen LogP contribution < -0.4 is 14.4 Å². The molecule has 2 fully saturated rings. The zero-order valence-corrected chi connectivity index (χ0v) is 16.9. The number of rotatable bonds is 6. The summed E-state index contributed by atoms with van der Waals surface area (Å²) in [5, 5.41) is 0. The van der Waals surface area contributed by atoms with Gasteiger partial charge in [0.15, 0.2) is 11.5 Å². The van der Waals surface area contributed by atoms with Crippen molar-refractivity contribution in [2.45, 2.75) is 38.5 Å². The first-order valence-electron chi connectivity index (χ1n) is 10.7. The number of anilines is 1. The van der Waals surface area contributed by atoms with Crippen LogP contribution in [0.1, 0.15) is 38.5 Å². The molecule has 0 radical (unpaired) electrons. The van der Waals surface area contributed by atoms with Crippen LogP contribution >= 0.6 is 0 Å². The summed E-state index contributed by atoms with van der Waals surface area (Å²) in [7, 11) is 1.49. The number of esters is 1. The maximum Gasteiger partial charge on any atom is 0.305 e. The Bertz CT molecular complexity index is 665. The Hall–Kier alpha value is -1.95. The largest absolute Gasteiger partial charge is 0.469 e. The van der Waals surface area contributed by atoms with Gasteiger partial charge in [0, 0.05) is 32.6 Å². The molecule has 4 rings (SSSR count). The molecule has 1 aromatic rings. The van der Waals surface area contributed by atoms with Crippen LogP contribution in [0, 0.1) is 11.8 Å². The molecule has 1 aliphatic carbocycles. The van der Waals surface area contributed by atoms with Crippen molar-refractivity contribution in [3.63, 3.8) is 0 Å². The molecule has 1 aromatic carbocycles. The predicted molar refractivity (Wildman–Crippen MR) is 108 cm³/mol. The fourth-order valence-electron chi connectivity index (χ4n) is 4.78. The topological polar surface area (TPSA) is 51.2 Å². The van der Waals surface area contributed by atoms with Gasteiger partial charge in [-0.3, -0.25) is 9.69 Å². The molecule has 0 aromatic heterocycles. The van der Waals surface area contributed by atoms with Crippen molar-refractivity contribution in [1.29, 1.82) is 0 Å². The van der Waals surface area contributed by atoms with Crippen LogP contribution in [0.4, 0.5) is 5.69 Å². The number of carbonyl (C=O) groups is 1. The second-order valence-corrected chi connectivity index (χ2v) is 8.30. The van der Waals surface area contributed by atoms with Gasteiger partial charge in [-0.1, -0.05) is 18.9 Å². The first kappa shape index (κ1) is 19.4. The number of hydrogen-bond donors (Lipinski definition) is 0. The first-order chi connectivity index (χ1) is 13.7. The average Bonchev–Trinajstić information content (AvgIpc) is 3.22. The highest BCUT2D eigenvalue weighted by molar-refractivity contribution is 5.69. The van der Waals surface area contributed by atoms with Gasteiger partial charge in [-0.05, 0) is 49.8 Å². The van der Waals surface area contributed by atoms with Crippen molar-refractivity contribution in [3.05, 3.63) is 18.2 Å². The van der Waals surface area contributed by atoms with E-state index in [-0.39, 0.29) is 5.97 Å². The minimum atomic E-state index is -0.0534. The molecule has 0 atom stereocenters. The predicted octanol–water partition coefficient (Wildman–Crippen LogP) is 3.30.